The number of likely N-dealkylation sites (N-methyl/N-ethyl adjacent to an activating group) is 1. The second kappa shape index (κ2) is 5.26. The predicted molar refractivity (Wildman–Crippen MR) is 56.6 cm³/mol. The summed E-state index contributed by atoms with van der Waals surface area (Å²) in [4.78, 5) is 2.41. The van der Waals surface area contributed by atoms with Gasteiger partial charge in [-0.3, -0.25) is 4.90 Å². The molecule has 74 valence electrons. The Morgan fingerprint density at radius 3 is 2.92 bits per heavy atom. The lowest BCUT2D eigenvalue weighted by molar-refractivity contribution is 0.154. The van der Waals surface area contributed by atoms with Crippen molar-refractivity contribution in [3.8, 4) is 12.3 Å². The van der Waals surface area contributed by atoms with Crippen LogP contribution in [-0.4, -0.2) is 36.6 Å². The van der Waals surface area contributed by atoms with Crippen LogP contribution in [0, 0.1) is 12.3 Å². The van der Waals surface area contributed by atoms with E-state index >= 15 is 0 Å². The minimum absolute atomic E-state index is 0.273. The van der Waals surface area contributed by atoms with Crippen LogP contribution in [-0.2, 0) is 0 Å². The minimum Gasteiger partial charge on any atom is -0.315 e. The standard InChI is InChI=1S/C11H20N2/c1-4-10(3)13(5-2)11-7-6-8-12-9-11/h1,10-12H,5-9H2,2-3H3. The van der Waals surface area contributed by atoms with Crippen LogP contribution in [0.2, 0.25) is 0 Å². The third-order valence-corrected chi connectivity index (χ3v) is 2.84. The van der Waals surface area contributed by atoms with E-state index in [-0.39, 0.29) is 6.04 Å². The van der Waals surface area contributed by atoms with Crippen molar-refractivity contribution in [3.05, 3.63) is 0 Å². The molecule has 1 fully saturated rings. The third-order valence-electron chi connectivity index (χ3n) is 2.84. The summed E-state index contributed by atoms with van der Waals surface area (Å²) in [6.07, 6.45) is 8.00. The molecule has 1 rings (SSSR count). The van der Waals surface area contributed by atoms with Crippen molar-refractivity contribution in [1.29, 1.82) is 0 Å². The molecule has 0 aromatic rings. The van der Waals surface area contributed by atoms with Crippen LogP contribution in [0.3, 0.4) is 0 Å². The van der Waals surface area contributed by atoms with E-state index in [0.29, 0.717) is 6.04 Å². The molecule has 0 amide bonds. The average Bonchev–Trinajstić information content (AvgIpc) is 2.20. The quantitative estimate of drug-likeness (QED) is 0.654. The number of hydrogen-bond donors (Lipinski definition) is 1. The van der Waals surface area contributed by atoms with Crippen molar-refractivity contribution in [2.45, 2.75) is 38.8 Å². The van der Waals surface area contributed by atoms with Gasteiger partial charge in [0.05, 0.1) is 6.04 Å². The molecule has 0 radical (unpaired) electrons. The first-order chi connectivity index (χ1) is 6.29. The van der Waals surface area contributed by atoms with Crippen molar-refractivity contribution in [3.63, 3.8) is 0 Å². The molecule has 1 aliphatic heterocycles. The van der Waals surface area contributed by atoms with E-state index < -0.39 is 0 Å². The Labute approximate surface area is 81.7 Å². The van der Waals surface area contributed by atoms with Gasteiger partial charge in [-0.15, -0.1) is 6.42 Å². The third kappa shape index (κ3) is 2.72. The molecular formula is C11H20N2. The second-order valence-corrected chi connectivity index (χ2v) is 3.67. The highest BCUT2D eigenvalue weighted by molar-refractivity contribution is 4.99. The van der Waals surface area contributed by atoms with E-state index in [1.165, 1.54) is 19.4 Å². The summed E-state index contributed by atoms with van der Waals surface area (Å²) < 4.78 is 0. The molecule has 2 unspecified atom stereocenters. The van der Waals surface area contributed by atoms with Gasteiger partial charge in [-0.05, 0) is 32.9 Å². The maximum absolute atomic E-state index is 5.44. The molecule has 1 heterocycles. The Hall–Kier alpha value is -0.520. The van der Waals surface area contributed by atoms with Gasteiger partial charge in [0, 0.05) is 12.6 Å². The molecule has 13 heavy (non-hydrogen) atoms. The summed E-state index contributed by atoms with van der Waals surface area (Å²) in [5.41, 5.74) is 0. The molecule has 1 saturated heterocycles. The fourth-order valence-corrected chi connectivity index (χ4v) is 2.06. The van der Waals surface area contributed by atoms with Gasteiger partial charge in [-0.2, -0.15) is 0 Å². The van der Waals surface area contributed by atoms with Gasteiger partial charge in [-0.25, -0.2) is 0 Å². The first-order valence-corrected chi connectivity index (χ1v) is 5.22. The summed E-state index contributed by atoms with van der Waals surface area (Å²) in [6.45, 7) is 7.61. The molecule has 1 aliphatic rings. The molecule has 0 aliphatic carbocycles. The van der Waals surface area contributed by atoms with Crippen LogP contribution in [0.4, 0.5) is 0 Å². The predicted octanol–water partition coefficient (Wildman–Crippen LogP) is 1.08. The number of terminal acetylenes is 1. The maximum Gasteiger partial charge on any atom is 0.0686 e. The van der Waals surface area contributed by atoms with E-state index in [2.05, 4.69) is 30.0 Å². The highest BCUT2D eigenvalue weighted by Gasteiger charge is 2.22. The Kier molecular flexibility index (Phi) is 4.27. The molecule has 0 spiro atoms. The fourth-order valence-electron chi connectivity index (χ4n) is 2.06. The largest absolute Gasteiger partial charge is 0.315 e. The molecule has 2 nitrogen and oxygen atoms in total. The summed E-state index contributed by atoms with van der Waals surface area (Å²) in [6, 6.07) is 0.916. The summed E-state index contributed by atoms with van der Waals surface area (Å²) in [7, 11) is 0. The Balaban J connectivity index is 2.49. The number of nitrogens with one attached hydrogen (secondary N) is 1. The molecule has 1 N–H and O–H groups in total. The van der Waals surface area contributed by atoms with Gasteiger partial charge in [0.2, 0.25) is 0 Å². The van der Waals surface area contributed by atoms with Crippen LogP contribution in [0.25, 0.3) is 0 Å². The molecule has 2 heteroatoms. The summed E-state index contributed by atoms with van der Waals surface area (Å²) in [5.74, 6) is 2.81. The zero-order valence-electron chi connectivity index (χ0n) is 8.71. The Morgan fingerprint density at radius 2 is 2.46 bits per heavy atom. The lowest BCUT2D eigenvalue weighted by Gasteiger charge is -2.36. The van der Waals surface area contributed by atoms with Gasteiger partial charge < -0.3 is 5.32 Å². The van der Waals surface area contributed by atoms with E-state index in [9.17, 15) is 0 Å². The SMILES string of the molecule is C#CC(C)N(CC)C1CCCNC1. The van der Waals surface area contributed by atoms with E-state index in [4.69, 9.17) is 6.42 Å². The molecular weight excluding hydrogens is 160 g/mol. The number of rotatable bonds is 3. The Bertz CT molecular complexity index is 177. The van der Waals surface area contributed by atoms with Gasteiger partial charge in [0.1, 0.15) is 0 Å². The van der Waals surface area contributed by atoms with Crippen molar-refractivity contribution in [1.82, 2.24) is 10.2 Å². The highest BCUT2D eigenvalue weighted by atomic mass is 15.2. The van der Waals surface area contributed by atoms with Gasteiger partial charge in [0.25, 0.3) is 0 Å². The Morgan fingerprint density at radius 1 is 1.69 bits per heavy atom. The number of piperidine rings is 1. The van der Waals surface area contributed by atoms with E-state index in [1.807, 2.05) is 0 Å². The average molecular weight is 180 g/mol. The topological polar surface area (TPSA) is 15.3 Å². The highest BCUT2D eigenvalue weighted by Crippen LogP contribution is 2.12. The smallest absolute Gasteiger partial charge is 0.0686 e. The van der Waals surface area contributed by atoms with Crippen LogP contribution in [0.5, 0.6) is 0 Å². The van der Waals surface area contributed by atoms with Gasteiger partial charge in [-0.1, -0.05) is 12.8 Å². The first-order valence-electron chi connectivity index (χ1n) is 5.22. The summed E-state index contributed by atoms with van der Waals surface area (Å²) >= 11 is 0. The maximum atomic E-state index is 5.44. The zero-order valence-corrected chi connectivity index (χ0v) is 8.71. The minimum atomic E-state index is 0.273. The van der Waals surface area contributed by atoms with Crippen molar-refractivity contribution in [2.75, 3.05) is 19.6 Å². The van der Waals surface area contributed by atoms with E-state index in [0.717, 1.165) is 13.1 Å². The molecule has 0 aromatic carbocycles. The normalized spacial score (nSPS) is 25.5. The van der Waals surface area contributed by atoms with Crippen molar-refractivity contribution in [2.24, 2.45) is 0 Å². The fraction of sp³-hybridized carbons (Fsp3) is 0.818. The van der Waals surface area contributed by atoms with Crippen LogP contribution < -0.4 is 5.32 Å². The van der Waals surface area contributed by atoms with Crippen molar-refractivity contribution < 1.29 is 0 Å². The zero-order chi connectivity index (χ0) is 9.68. The lowest BCUT2D eigenvalue weighted by atomic mass is 10.0. The molecule has 2 atom stereocenters. The first kappa shape index (κ1) is 10.6. The van der Waals surface area contributed by atoms with Gasteiger partial charge in [0.15, 0.2) is 0 Å². The van der Waals surface area contributed by atoms with Crippen LogP contribution in [0.15, 0.2) is 0 Å². The molecule has 0 saturated carbocycles. The lowest BCUT2D eigenvalue weighted by Crippen LogP contribution is -2.49. The second-order valence-electron chi connectivity index (χ2n) is 3.67. The van der Waals surface area contributed by atoms with Gasteiger partial charge >= 0.3 is 0 Å². The number of hydrogen-bond acceptors (Lipinski definition) is 2. The molecule has 0 aromatic heterocycles. The van der Waals surface area contributed by atoms with Crippen LogP contribution >= 0.6 is 0 Å². The van der Waals surface area contributed by atoms with E-state index in [1.54, 1.807) is 0 Å². The molecule has 0 bridgehead atoms. The number of nitrogens with zero attached hydrogens (tertiary/aromatic N) is 1. The monoisotopic (exact) mass is 180 g/mol. The van der Waals surface area contributed by atoms with Crippen LogP contribution in [0.1, 0.15) is 26.7 Å². The summed E-state index contributed by atoms with van der Waals surface area (Å²) in [5, 5.41) is 3.42. The van der Waals surface area contributed by atoms with Crippen molar-refractivity contribution >= 4 is 0 Å².